The Morgan fingerprint density at radius 2 is 2.00 bits per heavy atom. The van der Waals surface area contributed by atoms with E-state index in [0.717, 1.165) is 58.4 Å². The van der Waals surface area contributed by atoms with E-state index in [1.807, 2.05) is 6.92 Å². The van der Waals surface area contributed by atoms with Gasteiger partial charge in [0.1, 0.15) is 0 Å². The zero-order valence-electron chi connectivity index (χ0n) is 19.4. The van der Waals surface area contributed by atoms with Crippen molar-refractivity contribution >= 4 is 0 Å². The number of ether oxygens (including phenoxy) is 1. The van der Waals surface area contributed by atoms with Crippen molar-refractivity contribution in [1.82, 2.24) is 4.90 Å². The minimum absolute atomic E-state index is 0.219. The van der Waals surface area contributed by atoms with Crippen LogP contribution >= 0.6 is 0 Å². The summed E-state index contributed by atoms with van der Waals surface area (Å²) in [6.45, 7) is 9.31. The van der Waals surface area contributed by atoms with E-state index in [0.29, 0.717) is 18.3 Å². The number of morpholine rings is 1. The smallest absolute Gasteiger partial charge is 0.0654 e. The first kappa shape index (κ1) is 24.0. The third-order valence-electron chi connectivity index (χ3n) is 7.51. The highest BCUT2D eigenvalue weighted by atomic mass is 16.5. The van der Waals surface area contributed by atoms with Gasteiger partial charge in [-0.3, -0.25) is 4.90 Å². The van der Waals surface area contributed by atoms with E-state index in [4.69, 9.17) is 4.74 Å². The second-order valence-electron chi connectivity index (χ2n) is 10.2. The van der Waals surface area contributed by atoms with Crippen LogP contribution in [0.1, 0.15) is 78.1 Å². The van der Waals surface area contributed by atoms with Gasteiger partial charge < -0.3 is 14.9 Å². The van der Waals surface area contributed by atoms with Crippen LogP contribution in [0.15, 0.2) is 23.8 Å². The molecule has 4 nitrogen and oxygen atoms in total. The first-order valence-electron chi connectivity index (χ1n) is 12.6. The van der Waals surface area contributed by atoms with E-state index in [2.05, 4.69) is 30.1 Å². The Hall–Kier alpha value is -0.680. The van der Waals surface area contributed by atoms with Gasteiger partial charge in [0.05, 0.1) is 24.9 Å². The van der Waals surface area contributed by atoms with Gasteiger partial charge in [0, 0.05) is 19.0 Å². The van der Waals surface area contributed by atoms with E-state index < -0.39 is 5.60 Å². The van der Waals surface area contributed by atoms with Crippen LogP contribution in [0.2, 0.25) is 0 Å². The summed E-state index contributed by atoms with van der Waals surface area (Å²) in [5.41, 5.74) is 1.01. The molecule has 4 heteroatoms. The molecule has 2 fully saturated rings. The van der Waals surface area contributed by atoms with Crippen LogP contribution in [0.3, 0.4) is 0 Å². The second-order valence-corrected chi connectivity index (χ2v) is 10.2. The average molecular weight is 420 g/mol. The van der Waals surface area contributed by atoms with Crippen LogP contribution in [-0.4, -0.2) is 59.7 Å². The van der Waals surface area contributed by atoms with E-state index in [9.17, 15) is 10.2 Å². The molecule has 0 aromatic carbocycles. The van der Waals surface area contributed by atoms with Crippen LogP contribution in [0.5, 0.6) is 0 Å². The van der Waals surface area contributed by atoms with Gasteiger partial charge in [-0.1, -0.05) is 50.0 Å². The highest BCUT2D eigenvalue weighted by Crippen LogP contribution is 2.48. The summed E-state index contributed by atoms with van der Waals surface area (Å²) in [6.07, 6.45) is 17.5. The van der Waals surface area contributed by atoms with Gasteiger partial charge in [-0.25, -0.2) is 0 Å². The number of hydrogen-bond donors (Lipinski definition) is 2. The van der Waals surface area contributed by atoms with Crippen molar-refractivity contribution in [2.45, 2.75) is 89.8 Å². The highest BCUT2D eigenvalue weighted by Gasteiger charge is 2.43. The van der Waals surface area contributed by atoms with Crippen LogP contribution in [-0.2, 0) is 4.74 Å². The lowest BCUT2D eigenvalue weighted by Crippen LogP contribution is -2.36. The maximum Gasteiger partial charge on any atom is 0.0654 e. The maximum atomic E-state index is 10.6. The Labute approximate surface area is 184 Å². The zero-order chi connectivity index (χ0) is 21.4. The minimum atomic E-state index is -0.615. The van der Waals surface area contributed by atoms with Crippen molar-refractivity contribution in [2.75, 3.05) is 32.8 Å². The molecule has 0 aromatic heterocycles. The monoisotopic (exact) mass is 419 g/mol. The molecule has 0 bridgehead atoms. The van der Waals surface area contributed by atoms with Crippen molar-refractivity contribution in [3.8, 4) is 0 Å². The van der Waals surface area contributed by atoms with Crippen molar-refractivity contribution in [2.24, 2.45) is 17.8 Å². The predicted molar refractivity (Wildman–Crippen MR) is 123 cm³/mol. The zero-order valence-corrected chi connectivity index (χ0v) is 19.4. The summed E-state index contributed by atoms with van der Waals surface area (Å²) < 4.78 is 5.42. The van der Waals surface area contributed by atoms with Crippen molar-refractivity contribution in [1.29, 1.82) is 0 Å². The van der Waals surface area contributed by atoms with Gasteiger partial charge in [0.15, 0.2) is 0 Å². The fraction of sp³-hybridized carbons (Fsp3) is 0.846. The number of unbranched alkanes of at least 4 members (excludes halogenated alkanes) is 3. The van der Waals surface area contributed by atoms with Crippen LogP contribution in [0.25, 0.3) is 0 Å². The lowest BCUT2D eigenvalue weighted by Gasteiger charge is -2.26. The van der Waals surface area contributed by atoms with Crippen LogP contribution in [0.4, 0.5) is 0 Å². The van der Waals surface area contributed by atoms with E-state index in [1.165, 1.54) is 32.2 Å². The molecule has 2 N–H and O–H groups in total. The molecule has 0 unspecified atom stereocenters. The molecule has 0 aromatic rings. The maximum absolute atomic E-state index is 10.6. The molecule has 0 radical (unpaired) electrons. The normalized spacial score (nSPS) is 31.8. The van der Waals surface area contributed by atoms with Crippen LogP contribution in [0, 0.1) is 17.8 Å². The largest absolute Gasteiger partial charge is 0.392 e. The SMILES string of the molecule is CCCC[C@@](C)(O)CC=C[C@@H]1[C@H]2CC(CCCCCN3CCOCC3)=C[C@H]2C[C@H]1O. The Morgan fingerprint density at radius 1 is 1.20 bits per heavy atom. The molecule has 30 heavy (non-hydrogen) atoms. The molecule has 2 aliphatic carbocycles. The van der Waals surface area contributed by atoms with Gasteiger partial charge in [-0.05, 0) is 70.3 Å². The van der Waals surface area contributed by atoms with Gasteiger partial charge in [0.25, 0.3) is 0 Å². The molecule has 5 atom stereocenters. The van der Waals surface area contributed by atoms with E-state index >= 15 is 0 Å². The number of aliphatic hydroxyl groups excluding tert-OH is 1. The van der Waals surface area contributed by atoms with Crippen molar-refractivity contribution in [3.63, 3.8) is 0 Å². The first-order valence-corrected chi connectivity index (χ1v) is 12.6. The Bertz CT molecular complexity index is 565. The minimum Gasteiger partial charge on any atom is -0.392 e. The van der Waals surface area contributed by atoms with Gasteiger partial charge in [0.2, 0.25) is 0 Å². The molecule has 0 amide bonds. The topological polar surface area (TPSA) is 52.9 Å². The van der Waals surface area contributed by atoms with E-state index in [-0.39, 0.29) is 12.0 Å². The third-order valence-corrected chi connectivity index (χ3v) is 7.51. The first-order chi connectivity index (χ1) is 14.5. The number of allylic oxidation sites excluding steroid dienone is 2. The number of nitrogens with zero attached hydrogens (tertiary/aromatic N) is 1. The summed E-state index contributed by atoms with van der Waals surface area (Å²) in [4.78, 5) is 2.53. The molecule has 1 saturated carbocycles. The molecule has 3 rings (SSSR count). The van der Waals surface area contributed by atoms with E-state index in [1.54, 1.807) is 5.57 Å². The summed E-state index contributed by atoms with van der Waals surface area (Å²) in [5, 5.41) is 21.1. The third kappa shape index (κ3) is 7.19. The summed E-state index contributed by atoms with van der Waals surface area (Å²) in [7, 11) is 0. The molecule has 1 heterocycles. The Kier molecular flexibility index (Phi) is 9.43. The predicted octanol–water partition coefficient (Wildman–Crippen LogP) is 4.71. The molecule has 1 aliphatic heterocycles. The summed E-state index contributed by atoms with van der Waals surface area (Å²) in [5.74, 6) is 1.38. The molecule has 172 valence electrons. The average Bonchev–Trinajstić information content (AvgIpc) is 3.24. The lowest BCUT2D eigenvalue weighted by molar-refractivity contribution is 0.0371. The lowest BCUT2D eigenvalue weighted by atomic mass is 9.87. The molecule has 0 spiro atoms. The molecule has 3 aliphatic rings. The van der Waals surface area contributed by atoms with Gasteiger partial charge in [-0.2, -0.15) is 0 Å². The number of rotatable bonds is 12. The standard InChI is InChI=1S/C26H45NO3/c1-3-4-11-26(2,29)12-8-10-23-24-19-21(18-22(24)20-25(23)28)9-6-5-7-13-27-14-16-30-17-15-27/h8,10,18,22-25,28-29H,3-7,9,11-17,19-20H2,1-2H3/t22-,23+,24-,25+,26+/m0/s1. The quantitative estimate of drug-likeness (QED) is 0.355. The fourth-order valence-corrected chi connectivity index (χ4v) is 5.62. The summed E-state index contributed by atoms with van der Waals surface area (Å²) >= 11 is 0. The van der Waals surface area contributed by atoms with Gasteiger partial charge >= 0.3 is 0 Å². The summed E-state index contributed by atoms with van der Waals surface area (Å²) in [6, 6.07) is 0. The fourth-order valence-electron chi connectivity index (χ4n) is 5.62. The van der Waals surface area contributed by atoms with Gasteiger partial charge in [-0.15, -0.1) is 0 Å². The molecular weight excluding hydrogens is 374 g/mol. The number of fused-ring (bicyclic) bond motifs is 1. The number of aliphatic hydroxyl groups is 2. The van der Waals surface area contributed by atoms with Crippen LogP contribution < -0.4 is 0 Å². The number of hydrogen-bond acceptors (Lipinski definition) is 4. The second kappa shape index (κ2) is 11.8. The highest BCUT2D eigenvalue weighted by molar-refractivity contribution is 5.20. The van der Waals surface area contributed by atoms with Crippen molar-refractivity contribution < 1.29 is 14.9 Å². The Morgan fingerprint density at radius 3 is 2.77 bits per heavy atom. The van der Waals surface area contributed by atoms with Crippen molar-refractivity contribution in [3.05, 3.63) is 23.8 Å². The molecule has 1 saturated heterocycles. The Balaban J connectivity index is 1.36. The molecular formula is C26H45NO3.